The number of allylic oxidation sites excluding steroid dienone is 2. The molecule has 1 saturated carbocycles. The highest BCUT2D eigenvalue weighted by Gasteiger charge is 2.50. The number of amides is 2. The molecule has 69 heavy (non-hydrogen) atoms. The molecule has 2 fully saturated rings. The minimum Gasteiger partial charge on any atom is -0.393 e. The lowest BCUT2D eigenvalue weighted by Gasteiger charge is -2.30. The number of carbonyl (C=O) groups is 4. The molecule has 1 aliphatic heterocycles. The second kappa shape index (κ2) is 26.6. The van der Waals surface area contributed by atoms with Crippen LogP contribution in [0, 0.1) is 17.3 Å². The number of ketones is 1. The van der Waals surface area contributed by atoms with Gasteiger partial charge in [0.25, 0.3) is 0 Å². The molecule has 3 heterocycles. The Bertz CT molecular complexity index is 2230. The summed E-state index contributed by atoms with van der Waals surface area (Å²) in [4.78, 5) is 101. The molecule has 2 amide bonds. The van der Waals surface area contributed by atoms with Gasteiger partial charge in [-0.1, -0.05) is 63.9 Å². The first-order chi connectivity index (χ1) is 32.3. The number of hydrogen-bond donors (Lipinski definition) is 10. The van der Waals surface area contributed by atoms with E-state index in [1.54, 1.807) is 0 Å². The van der Waals surface area contributed by atoms with Crippen molar-refractivity contribution in [3.05, 3.63) is 24.8 Å². The number of unbranched alkanes of at least 4 members (excludes halogenated alkanes) is 2. The van der Waals surface area contributed by atoms with Crippen LogP contribution in [0.5, 0.6) is 0 Å². The molecule has 2 aromatic rings. The van der Waals surface area contributed by atoms with Gasteiger partial charge in [0.2, 0.25) is 11.8 Å². The smallest absolute Gasteiger partial charge is 0.393 e. The second-order valence-corrected chi connectivity index (χ2v) is 22.7. The van der Waals surface area contributed by atoms with Crippen LogP contribution in [-0.2, 0) is 55.5 Å². The number of nitrogens with two attached hydrogens (primary N) is 1. The number of ether oxygens (including phenoxy) is 1. The molecule has 10 atom stereocenters. The van der Waals surface area contributed by atoms with Crippen molar-refractivity contribution in [1.82, 2.24) is 30.2 Å². The fourth-order valence-electron chi connectivity index (χ4n) is 7.67. The molecular weight excluding hydrogens is 995 g/mol. The van der Waals surface area contributed by atoms with Crippen LogP contribution < -0.4 is 16.4 Å². The molecule has 2 aromatic heterocycles. The van der Waals surface area contributed by atoms with E-state index in [4.69, 9.17) is 19.5 Å². The SMILES string of the molecule is CC/C=C\C[C@@H]1C(=O)CC[C@@H]1CCCCC[C@H](O)CC(=O)SCCNC(=O)CCNC(=O)[C@H](O)C(C)(C)COP(=O)(O)OP(=O)(O)OC[C@H]1O[C@@H](n2cnc3c(N)ncnc32)[C@H](O)[C@@H]1OP(=O)(O)O. The number of carbonyl (C=O) groups excluding carboxylic acids is 4. The number of anilines is 1. The Morgan fingerprint density at radius 2 is 1.75 bits per heavy atom. The molecule has 0 spiro atoms. The highest BCUT2D eigenvalue weighted by Crippen LogP contribution is 2.61. The van der Waals surface area contributed by atoms with Gasteiger partial charge in [-0.2, -0.15) is 4.31 Å². The number of hydrogen-bond acceptors (Lipinski definition) is 20. The van der Waals surface area contributed by atoms with Crippen LogP contribution in [0.4, 0.5) is 5.82 Å². The first kappa shape index (κ1) is 58.5. The molecule has 26 nitrogen and oxygen atoms in total. The van der Waals surface area contributed by atoms with E-state index in [2.05, 4.69) is 53.5 Å². The molecular formula is C39H64N7O19P3S. The van der Waals surface area contributed by atoms with E-state index in [9.17, 15) is 67.8 Å². The molecule has 1 aliphatic carbocycles. The normalized spacial score (nSPS) is 23.8. The number of Topliss-reactive ketones (excluding diaryl/α,β-unsaturated/α-hetero) is 1. The summed E-state index contributed by atoms with van der Waals surface area (Å²) >= 11 is 0.970. The maximum Gasteiger partial charge on any atom is 0.481 e. The van der Waals surface area contributed by atoms with Crippen LogP contribution in [0.3, 0.4) is 0 Å². The van der Waals surface area contributed by atoms with Crippen LogP contribution in [0.25, 0.3) is 11.2 Å². The van der Waals surface area contributed by atoms with Crippen LogP contribution in [-0.4, -0.2) is 140 Å². The van der Waals surface area contributed by atoms with Gasteiger partial charge >= 0.3 is 23.5 Å². The summed E-state index contributed by atoms with van der Waals surface area (Å²) in [5.41, 5.74) is 4.23. The Morgan fingerprint density at radius 3 is 2.46 bits per heavy atom. The number of nitrogens with one attached hydrogen (secondary N) is 2. The van der Waals surface area contributed by atoms with Crippen molar-refractivity contribution in [2.45, 2.75) is 128 Å². The van der Waals surface area contributed by atoms with Crippen molar-refractivity contribution in [3.8, 4) is 0 Å². The summed E-state index contributed by atoms with van der Waals surface area (Å²) in [5, 5.41) is 36.6. The van der Waals surface area contributed by atoms with E-state index >= 15 is 0 Å². The summed E-state index contributed by atoms with van der Waals surface area (Å²) in [5.74, 6) is -0.423. The molecule has 2 unspecified atom stereocenters. The van der Waals surface area contributed by atoms with Gasteiger partial charge in [0.05, 0.1) is 25.6 Å². The quantitative estimate of drug-likeness (QED) is 0.0305. The van der Waals surface area contributed by atoms with E-state index in [0.717, 1.165) is 73.9 Å². The number of aliphatic hydroxyl groups is 3. The number of nitrogen functional groups attached to an aromatic ring is 1. The minimum absolute atomic E-state index is 0.0234. The summed E-state index contributed by atoms with van der Waals surface area (Å²) in [7, 11) is -16.5. The zero-order chi connectivity index (χ0) is 51.2. The third-order valence-corrected chi connectivity index (χ3v) is 15.3. The summed E-state index contributed by atoms with van der Waals surface area (Å²) in [6.07, 6.45) is 3.77. The zero-order valence-corrected chi connectivity index (χ0v) is 41.9. The van der Waals surface area contributed by atoms with E-state index in [0.29, 0.717) is 24.5 Å². The minimum atomic E-state index is -5.60. The Kier molecular flexibility index (Phi) is 22.5. The van der Waals surface area contributed by atoms with Gasteiger partial charge in [0, 0.05) is 49.4 Å². The summed E-state index contributed by atoms with van der Waals surface area (Å²) in [6.45, 7) is 2.39. The van der Waals surface area contributed by atoms with E-state index in [-0.39, 0.29) is 59.7 Å². The zero-order valence-electron chi connectivity index (χ0n) is 38.4. The van der Waals surface area contributed by atoms with Gasteiger partial charge in [-0.05, 0) is 38.0 Å². The molecule has 11 N–H and O–H groups in total. The monoisotopic (exact) mass is 1060 g/mol. The number of imidazole rings is 1. The van der Waals surface area contributed by atoms with Crippen molar-refractivity contribution in [3.63, 3.8) is 0 Å². The lowest BCUT2D eigenvalue weighted by Crippen LogP contribution is -2.46. The van der Waals surface area contributed by atoms with Gasteiger partial charge in [0.1, 0.15) is 42.0 Å². The van der Waals surface area contributed by atoms with Gasteiger partial charge in [-0.25, -0.2) is 28.6 Å². The van der Waals surface area contributed by atoms with Gasteiger partial charge in [-0.15, -0.1) is 0 Å². The van der Waals surface area contributed by atoms with Crippen molar-refractivity contribution in [2.24, 2.45) is 17.3 Å². The van der Waals surface area contributed by atoms with Crippen LogP contribution in [0.2, 0.25) is 0 Å². The maximum absolute atomic E-state index is 12.7. The summed E-state index contributed by atoms with van der Waals surface area (Å²) < 4.78 is 62.4. The molecule has 0 bridgehead atoms. The van der Waals surface area contributed by atoms with Crippen molar-refractivity contribution < 1.29 is 90.4 Å². The molecule has 4 rings (SSSR count). The second-order valence-electron chi connectivity index (χ2n) is 17.3. The third kappa shape index (κ3) is 18.8. The van der Waals surface area contributed by atoms with Crippen molar-refractivity contribution >= 4 is 74.9 Å². The molecule has 0 aromatic carbocycles. The molecule has 390 valence electrons. The van der Waals surface area contributed by atoms with Gasteiger partial charge < -0.3 is 56.0 Å². The van der Waals surface area contributed by atoms with Crippen molar-refractivity contribution in [1.29, 1.82) is 0 Å². The lowest BCUT2D eigenvalue weighted by atomic mass is 9.87. The maximum atomic E-state index is 12.7. The van der Waals surface area contributed by atoms with Gasteiger partial charge in [0.15, 0.2) is 22.8 Å². The summed E-state index contributed by atoms with van der Waals surface area (Å²) in [6, 6.07) is 0. The van der Waals surface area contributed by atoms with Crippen LogP contribution >= 0.6 is 35.2 Å². The standard InChI is InChI=1S/C39H64N7O19P3S/c1-4-5-7-12-26-24(13-14-27(26)48)10-8-6-9-11-25(47)19-30(50)69-18-17-41-29(49)15-16-42-37(53)34(52)39(2,3)21-62-68(59,60)65-67(57,58)61-20-28-33(64-66(54,55)56)32(51)38(63-28)46-23-45-31-35(40)43-22-44-36(31)46/h5,7,22-26,28,32-34,38,47,51-52H,4,6,8-21H2,1-3H3,(H,41,49)(H,42,53)(H,57,58)(H,59,60)(H2,40,43,44)(H2,54,55,56)/b7-5-/t24-,25-,26-,28+,32+,33+,34-,38+/m0/s1. The highest BCUT2D eigenvalue weighted by molar-refractivity contribution is 8.13. The number of thioether (sulfide) groups is 1. The molecule has 0 radical (unpaired) electrons. The number of rotatable bonds is 30. The highest BCUT2D eigenvalue weighted by atomic mass is 32.2. The van der Waals surface area contributed by atoms with E-state index in [1.165, 1.54) is 13.8 Å². The molecule has 2 aliphatic rings. The largest absolute Gasteiger partial charge is 0.481 e. The average Bonchev–Trinajstić information content (AvgIpc) is 3.94. The third-order valence-electron chi connectivity index (χ3n) is 11.3. The number of phosphoric acid groups is 3. The van der Waals surface area contributed by atoms with Crippen LogP contribution in [0.15, 0.2) is 24.8 Å². The molecule has 1 saturated heterocycles. The van der Waals surface area contributed by atoms with Crippen molar-refractivity contribution in [2.75, 3.05) is 37.8 Å². The number of aliphatic hydroxyl groups excluding tert-OH is 3. The fraction of sp³-hybridized carbons (Fsp3) is 0.718. The fourth-order valence-corrected chi connectivity index (χ4v) is 11.2. The Balaban J connectivity index is 1.10. The first-order valence-electron chi connectivity index (χ1n) is 22.2. The lowest BCUT2D eigenvalue weighted by molar-refractivity contribution is -0.137. The Morgan fingerprint density at radius 1 is 1.03 bits per heavy atom. The first-order valence-corrected chi connectivity index (χ1v) is 27.7. The predicted molar refractivity (Wildman–Crippen MR) is 246 cm³/mol. The number of phosphoric ester groups is 3. The van der Waals surface area contributed by atoms with Gasteiger partial charge in [-0.3, -0.25) is 37.3 Å². The van der Waals surface area contributed by atoms with E-state index < -0.39 is 90.7 Å². The van der Waals surface area contributed by atoms with E-state index in [1.807, 2.05) is 0 Å². The average molecular weight is 1060 g/mol. The number of nitrogens with zero attached hydrogens (tertiary/aromatic N) is 4. The Hall–Kier alpha value is -3.07. The molecule has 30 heteroatoms. The van der Waals surface area contributed by atoms with Crippen LogP contribution in [0.1, 0.15) is 97.6 Å². The Labute approximate surface area is 402 Å². The predicted octanol–water partition coefficient (Wildman–Crippen LogP) is 2.32. The number of aromatic nitrogens is 4. The number of fused-ring (bicyclic) bond motifs is 1. The topological polar surface area (TPSA) is 401 Å².